The Balaban J connectivity index is 1.87. The van der Waals surface area contributed by atoms with Crippen molar-refractivity contribution in [3.8, 4) is 0 Å². The highest BCUT2D eigenvalue weighted by atomic mass is 16.5. The standard InChI is InChI=1S/C17H19NO4/c1-10(2)21-17(20)12-8-9-18-13(12)5-6-14(18)16(19)15-7-4-11(3)22-15/h4-7,10,12H,8-9H2,1-3H3. The van der Waals surface area contributed by atoms with Crippen LogP contribution in [0.25, 0.3) is 0 Å². The summed E-state index contributed by atoms with van der Waals surface area (Å²) >= 11 is 0. The Bertz CT molecular complexity index is 723. The van der Waals surface area contributed by atoms with E-state index in [9.17, 15) is 9.59 Å². The lowest BCUT2D eigenvalue weighted by Gasteiger charge is -2.12. The number of hydrogen-bond acceptors (Lipinski definition) is 4. The van der Waals surface area contributed by atoms with Crippen molar-refractivity contribution in [1.82, 2.24) is 4.57 Å². The Morgan fingerprint density at radius 2 is 2.05 bits per heavy atom. The van der Waals surface area contributed by atoms with E-state index in [-0.39, 0.29) is 23.8 Å². The quantitative estimate of drug-likeness (QED) is 0.643. The molecule has 1 aliphatic heterocycles. The first-order valence-corrected chi connectivity index (χ1v) is 7.48. The van der Waals surface area contributed by atoms with Crippen LogP contribution in [0, 0.1) is 6.92 Å². The van der Waals surface area contributed by atoms with Gasteiger partial charge in [-0.25, -0.2) is 0 Å². The van der Waals surface area contributed by atoms with Crippen molar-refractivity contribution in [2.45, 2.75) is 45.8 Å². The molecule has 2 aromatic rings. The number of aryl methyl sites for hydroxylation is 1. The largest absolute Gasteiger partial charge is 0.462 e. The first-order chi connectivity index (χ1) is 10.5. The third-order valence-electron chi connectivity index (χ3n) is 3.85. The first kappa shape index (κ1) is 14.6. The molecule has 5 heteroatoms. The van der Waals surface area contributed by atoms with Gasteiger partial charge in [0, 0.05) is 12.2 Å². The highest BCUT2D eigenvalue weighted by Crippen LogP contribution is 2.32. The third-order valence-corrected chi connectivity index (χ3v) is 3.85. The van der Waals surface area contributed by atoms with E-state index in [1.165, 1.54) is 0 Å². The summed E-state index contributed by atoms with van der Waals surface area (Å²) < 4.78 is 12.6. The fourth-order valence-corrected chi connectivity index (χ4v) is 2.88. The molecule has 0 saturated heterocycles. The van der Waals surface area contributed by atoms with Gasteiger partial charge >= 0.3 is 5.97 Å². The predicted molar refractivity (Wildman–Crippen MR) is 79.9 cm³/mol. The number of ether oxygens (including phenoxy) is 1. The Morgan fingerprint density at radius 1 is 1.27 bits per heavy atom. The zero-order chi connectivity index (χ0) is 15.9. The van der Waals surface area contributed by atoms with Gasteiger partial charge in [0.05, 0.1) is 17.7 Å². The van der Waals surface area contributed by atoms with Crippen LogP contribution in [0.4, 0.5) is 0 Å². The van der Waals surface area contributed by atoms with Crippen molar-refractivity contribution >= 4 is 11.8 Å². The lowest BCUT2D eigenvalue weighted by Crippen LogP contribution is -2.18. The van der Waals surface area contributed by atoms with Crippen LogP contribution in [0.2, 0.25) is 0 Å². The van der Waals surface area contributed by atoms with Gasteiger partial charge in [-0.15, -0.1) is 0 Å². The van der Waals surface area contributed by atoms with Crippen LogP contribution in [-0.4, -0.2) is 22.4 Å². The average molecular weight is 301 g/mol. The predicted octanol–water partition coefficient (Wildman–Crippen LogP) is 3.06. The number of ketones is 1. The molecule has 0 radical (unpaired) electrons. The maximum atomic E-state index is 12.5. The van der Waals surface area contributed by atoms with Gasteiger partial charge in [0.25, 0.3) is 0 Å². The van der Waals surface area contributed by atoms with E-state index in [2.05, 4.69) is 0 Å². The van der Waals surface area contributed by atoms with Crippen LogP contribution in [0.1, 0.15) is 53.9 Å². The van der Waals surface area contributed by atoms with E-state index in [1.807, 2.05) is 24.5 Å². The summed E-state index contributed by atoms with van der Waals surface area (Å²) in [7, 11) is 0. The van der Waals surface area contributed by atoms with Crippen LogP contribution >= 0.6 is 0 Å². The second-order valence-electron chi connectivity index (χ2n) is 5.86. The molecule has 116 valence electrons. The zero-order valence-electron chi connectivity index (χ0n) is 13.0. The Kier molecular flexibility index (Phi) is 3.64. The molecule has 0 saturated carbocycles. The molecule has 1 unspecified atom stereocenters. The highest BCUT2D eigenvalue weighted by Gasteiger charge is 2.33. The molecule has 2 aromatic heterocycles. The van der Waals surface area contributed by atoms with Crippen LogP contribution in [0.5, 0.6) is 0 Å². The van der Waals surface area contributed by atoms with Crippen LogP contribution < -0.4 is 0 Å². The monoisotopic (exact) mass is 301 g/mol. The van der Waals surface area contributed by atoms with Crippen LogP contribution in [0.3, 0.4) is 0 Å². The zero-order valence-corrected chi connectivity index (χ0v) is 13.0. The fourth-order valence-electron chi connectivity index (χ4n) is 2.88. The third kappa shape index (κ3) is 2.47. The molecule has 3 heterocycles. The van der Waals surface area contributed by atoms with Gasteiger partial charge < -0.3 is 13.7 Å². The molecule has 22 heavy (non-hydrogen) atoms. The average Bonchev–Trinajstić information content (AvgIpc) is 3.11. The number of fused-ring (bicyclic) bond motifs is 1. The van der Waals surface area contributed by atoms with Crippen molar-refractivity contribution in [3.05, 3.63) is 47.2 Å². The lowest BCUT2D eigenvalue weighted by molar-refractivity contribution is -0.149. The SMILES string of the molecule is Cc1ccc(C(=O)c2ccc3n2CCC3C(=O)OC(C)C)o1. The maximum Gasteiger partial charge on any atom is 0.315 e. The number of hydrogen-bond donors (Lipinski definition) is 0. The van der Waals surface area contributed by atoms with Gasteiger partial charge in [-0.05, 0) is 51.5 Å². The highest BCUT2D eigenvalue weighted by molar-refractivity contribution is 6.06. The van der Waals surface area contributed by atoms with Gasteiger partial charge in [0.1, 0.15) is 5.76 Å². The molecule has 0 fully saturated rings. The number of aromatic nitrogens is 1. The molecule has 1 aliphatic rings. The molecular formula is C17H19NO4. The Morgan fingerprint density at radius 3 is 2.68 bits per heavy atom. The summed E-state index contributed by atoms with van der Waals surface area (Å²) in [5.74, 6) is 0.362. The number of esters is 1. The Labute approximate surface area is 128 Å². The van der Waals surface area contributed by atoms with Gasteiger partial charge in [0.2, 0.25) is 5.78 Å². The van der Waals surface area contributed by atoms with Crippen molar-refractivity contribution < 1.29 is 18.7 Å². The van der Waals surface area contributed by atoms with Gasteiger partial charge in [0.15, 0.2) is 5.76 Å². The number of carbonyl (C=O) groups is 2. The van der Waals surface area contributed by atoms with E-state index in [4.69, 9.17) is 9.15 Å². The molecule has 0 spiro atoms. The molecule has 0 aromatic carbocycles. The van der Waals surface area contributed by atoms with Crippen molar-refractivity contribution in [1.29, 1.82) is 0 Å². The van der Waals surface area contributed by atoms with Gasteiger partial charge in [-0.3, -0.25) is 9.59 Å². The second-order valence-corrected chi connectivity index (χ2v) is 5.86. The van der Waals surface area contributed by atoms with E-state index in [0.29, 0.717) is 30.2 Å². The molecule has 3 rings (SSSR count). The number of carbonyl (C=O) groups excluding carboxylic acids is 2. The minimum absolute atomic E-state index is 0.135. The summed E-state index contributed by atoms with van der Waals surface area (Å²) in [6.45, 7) is 6.11. The smallest absolute Gasteiger partial charge is 0.315 e. The summed E-state index contributed by atoms with van der Waals surface area (Å²) in [6.07, 6.45) is 0.530. The number of nitrogens with zero attached hydrogens (tertiary/aromatic N) is 1. The minimum Gasteiger partial charge on any atom is -0.462 e. The first-order valence-electron chi connectivity index (χ1n) is 7.48. The minimum atomic E-state index is -0.290. The molecular weight excluding hydrogens is 282 g/mol. The number of rotatable bonds is 4. The lowest BCUT2D eigenvalue weighted by atomic mass is 10.1. The molecule has 5 nitrogen and oxygen atoms in total. The molecule has 0 amide bonds. The summed E-state index contributed by atoms with van der Waals surface area (Å²) in [6, 6.07) is 7.04. The Hall–Kier alpha value is -2.30. The summed E-state index contributed by atoms with van der Waals surface area (Å²) in [5, 5.41) is 0. The molecule has 1 atom stereocenters. The second kappa shape index (κ2) is 5.48. The van der Waals surface area contributed by atoms with Gasteiger partial charge in [-0.1, -0.05) is 0 Å². The summed E-state index contributed by atoms with van der Waals surface area (Å²) in [4.78, 5) is 24.6. The van der Waals surface area contributed by atoms with Crippen LogP contribution in [-0.2, 0) is 16.1 Å². The van der Waals surface area contributed by atoms with Crippen molar-refractivity contribution in [2.75, 3.05) is 0 Å². The van der Waals surface area contributed by atoms with Crippen molar-refractivity contribution in [2.24, 2.45) is 0 Å². The number of furan rings is 1. The summed E-state index contributed by atoms with van der Waals surface area (Å²) in [5.41, 5.74) is 1.40. The molecule has 0 aliphatic carbocycles. The van der Waals surface area contributed by atoms with E-state index in [0.717, 1.165) is 5.69 Å². The van der Waals surface area contributed by atoms with E-state index < -0.39 is 0 Å². The van der Waals surface area contributed by atoms with E-state index >= 15 is 0 Å². The maximum absolute atomic E-state index is 12.5. The fraction of sp³-hybridized carbons (Fsp3) is 0.412. The van der Waals surface area contributed by atoms with Gasteiger partial charge in [-0.2, -0.15) is 0 Å². The topological polar surface area (TPSA) is 61.4 Å². The molecule has 0 bridgehead atoms. The normalized spacial score (nSPS) is 16.8. The van der Waals surface area contributed by atoms with E-state index in [1.54, 1.807) is 25.1 Å². The van der Waals surface area contributed by atoms with Crippen LogP contribution in [0.15, 0.2) is 28.7 Å². The molecule has 0 N–H and O–H groups in total. The van der Waals surface area contributed by atoms with Crippen molar-refractivity contribution in [3.63, 3.8) is 0 Å².